The summed E-state index contributed by atoms with van der Waals surface area (Å²) in [6, 6.07) is 6.20. The van der Waals surface area contributed by atoms with E-state index in [2.05, 4.69) is 55.2 Å². The molecule has 1 heterocycles. The minimum Gasteiger partial charge on any atom is -0.266 e. The summed E-state index contributed by atoms with van der Waals surface area (Å²) >= 11 is 6.53. The quantitative estimate of drug-likeness (QED) is 0.810. The maximum atomic E-state index is 12.0. The van der Waals surface area contributed by atoms with Crippen molar-refractivity contribution in [2.24, 2.45) is 0 Å². The van der Waals surface area contributed by atoms with Crippen LogP contribution in [0.15, 0.2) is 38.1 Å². The Labute approximate surface area is 122 Å². The second kappa shape index (κ2) is 5.36. The van der Waals surface area contributed by atoms with Crippen LogP contribution in [-0.2, 0) is 6.54 Å². The standard InChI is InChI=1S/C13H12Br2N2O/c1-8-3-4-9(2)10(5-8)7-17-13(18)12(15)11(14)6-16-17/h3-6H,7H2,1-2H3. The van der Waals surface area contributed by atoms with Crippen molar-refractivity contribution in [2.75, 3.05) is 0 Å². The maximum Gasteiger partial charge on any atom is 0.282 e. The Kier molecular flexibility index (Phi) is 4.02. The van der Waals surface area contributed by atoms with Gasteiger partial charge in [-0.05, 0) is 56.8 Å². The van der Waals surface area contributed by atoms with Crippen LogP contribution < -0.4 is 5.56 Å². The summed E-state index contributed by atoms with van der Waals surface area (Å²) in [5.41, 5.74) is 3.32. The van der Waals surface area contributed by atoms with Gasteiger partial charge in [-0.25, -0.2) is 4.68 Å². The van der Waals surface area contributed by atoms with Crippen LogP contribution >= 0.6 is 31.9 Å². The van der Waals surface area contributed by atoms with Crippen molar-refractivity contribution in [3.05, 3.63) is 60.4 Å². The lowest BCUT2D eigenvalue weighted by Crippen LogP contribution is -2.24. The Morgan fingerprint density at radius 2 is 2.00 bits per heavy atom. The van der Waals surface area contributed by atoms with Crippen LogP contribution in [0.25, 0.3) is 0 Å². The van der Waals surface area contributed by atoms with Gasteiger partial charge in [0.2, 0.25) is 0 Å². The van der Waals surface area contributed by atoms with Gasteiger partial charge in [-0.1, -0.05) is 23.8 Å². The average molecular weight is 372 g/mol. The Hall–Kier alpha value is -0.940. The smallest absolute Gasteiger partial charge is 0.266 e. The normalized spacial score (nSPS) is 10.7. The molecule has 2 rings (SSSR count). The molecule has 0 radical (unpaired) electrons. The Bertz CT molecular complexity index is 650. The van der Waals surface area contributed by atoms with Gasteiger partial charge in [0.15, 0.2) is 0 Å². The average Bonchev–Trinajstić information content (AvgIpc) is 2.34. The van der Waals surface area contributed by atoms with Gasteiger partial charge in [0.25, 0.3) is 5.56 Å². The van der Waals surface area contributed by atoms with E-state index in [1.807, 2.05) is 13.8 Å². The molecule has 0 fully saturated rings. The SMILES string of the molecule is Cc1ccc(C)c(Cn2ncc(Br)c(Br)c2=O)c1. The minimum absolute atomic E-state index is 0.134. The van der Waals surface area contributed by atoms with Gasteiger partial charge in [0, 0.05) is 0 Å². The molecule has 0 bridgehead atoms. The third-order valence-corrected chi connectivity index (χ3v) is 4.67. The highest BCUT2D eigenvalue weighted by atomic mass is 79.9. The van der Waals surface area contributed by atoms with Crippen LogP contribution in [0.1, 0.15) is 16.7 Å². The second-order valence-electron chi connectivity index (χ2n) is 4.20. The van der Waals surface area contributed by atoms with Gasteiger partial charge in [0.1, 0.15) is 4.47 Å². The number of halogens is 2. The molecule has 0 N–H and O–H groups in total. The first kappa shape index (κ1) is 13.5. The molecule has 0 atom stereocenters. The van der Waals surface area contributed by atoms with Crippen LogP contribution in [-0.4, -0.2) is 9.78 Å². The van der Waals surface area contributed by atoms with Crippen molar-refractivity contribution in [2.45, 2.75) is 20.4 Å². The van der Waals surface area contributed by atoms with Gasteiger partial charge in [-0.15, -0.1) is 0 Å². The van der Waals surface area contributed by atoms with E-state index < -0.39 is 0 Å². The molecule has 0 saturated carbocycles. The van der Waals surface area contributed by atoms with Crippen molar-refractivity contribution < 1.29 is 0 Å². The van der Waals surface area contributed by atoms with Crippen LogP contribution in [0.2, 0.25) is 0 Å². The van der Waals surface area contributed by atoms with Crippen molar-refractivity contribution in [1.29, 1.82) is 0 Å². The fourth-order valence-corrected chi connectivity index (χ4v) is 2.26. The van der Waals surface area contributed by atoms with Gasteiger partial charge in [0.05, 0.1) is 17.2 Å². The highest BCUT2D eigenvalue weighted by molar-refractivity contribution is 9.13. The fraction of sp³-hybridized carbons (Fsp3) is 0.231. The summed E-state index contributed by atoms with van der Waals surface area (Å²) in [5.74, 6) is 0. The van der Waals surface area contributed by atoms with Crippen LogP contribution in [0.5, 0.6) is 0 Å². The fourth-order valence-electron chi connectivity index (χ4n) is 1.69. The lowest BCUT2D eigenvalue weighted by atomic mass is 10.1. The lowest BCUT2D eigenvalue weighted by Gasteiger charge is -2.09. The highest BCUT2D eigenvalue weighted by Gasteiger charge is 2.08. The third kappa shape index (κ3) is 2.72. The Morgan fingerprint density at radius 3 is 2.72 bits per heavy atom. The molecule has 0 unspecified atom stereocenters. The Morgan fingerprint density at radius 1 is 1.28 bits per heavy atom. The monoisotopic (exact) mass is 370 g/mol. The topological polar surface area (TPSA) is 34.9 Å². The molecule has 0 saturated heterocycles. The first-order chi connectivity index (χ1) is 8.49. The van der Waals surface area contributed by atoms with Crippen molar-refractivity contribution in [1.82, 2.24) is 9.78 Å². The molecule has 3 nitrogen and oxygen atoms in total. The number of hydrogen-bond donors (Lipinski definition) is 0. The predicted octanol–water partition coefficient (Wildman–Crippen LogP) is 3.43. The van der Waals surface area contributed by atoms with E-state index in [4.69, 9.17) is 0 Å². The molecule has 0 aliphatic heterocycles. The first-order valence-corrected chi connectivity index (χ1v) is 7.05. The summed E-state index contributed by atoms with van der Waals surface area (Å²) in [6.07, 6.45) is 1.62. The number of aryl methyl sites for hydroxylation is 2. The van der Waals surface area contributed by atoms with Gasteiger partial charge in [-0.3, -0.25) is 4.79 Å². The number of aromatic nitrogens is 2. The summed E-state index contributed by atoms with van der Waals surface area (Å²) in [7, 11) is 0. The first-order valence-electron chi connectivity index (χ1n) is 5.46. The molecule has 1 aromatic carbocycles. The van der Waals surface area contributed by atoms with E-state index in [0.717, 1.165) is 11.1 Å². The zero-order chi connectivity index (χ0) is 13.3. The van der Waals surface area contributed by atoms with E-state index in [1.54, 1.807) is 6.20 Å². The minimum atomic E-state index is -0.134. The van der Waals surface area contributed by atoms with Crippen LogP contribution in [0.4, 0.5) is 0 Å². The van der Waals surface area contributed by atoms with Crippen LogP contribution in [0.3, 0.4) is 0 Å². The van der Waals surface area contributed by atoms with E-state index in [1.165, 1.54) is 10.2 Å². The van der Waals surface area contributed by atoms with Crippen molar-refractivity contribution >= 4 is 31.9 Å². The molecular weight excluding hydrogens is 360 g/mol. The molecule has 0 amide bonds. The van der Waals surface area contributed by atoms with E-state index in [0.29, 0.717) is 15.5 Å². The number of rotatable bonds is 2. The Balaban J connectivity index is 2.44. The summed E-state index contributed by atoms with van der Waals surface area (Å²) in [5, 5.41) is 4.13. The van der Waals surface area contributed by atoms with Crippen molar-refractivity contribution in [3.63, 3.8) is 0 Å². The molecule has 2 aromatic rings. The van der Waals surface area contributed by atoms with Crippen LogP contribution in [0, 0.1) is 13.8 Å². The second-order valence-corrected chi connectivity index (χ2v) is 5.85. The number of nitrogens with zero attached hydrogens (tertiary/aromatic N) is 2. The van der Waals surface area contributed by atoms with Gasteiger partial charge in [-0.2, -0.15) is 5.10 Å². The van der Waals surface area contributed by atoms with E-state index >= 15 is 0 Å². The summed E-state index contributed by atoms with van der Waals surface area (Å²) < 4.78 is 2.63. The summed E-state index contributed by atoms with van der Waals surface area (Å²) in [4.78, 5) is 12.0. The maximum absolute atomic E-state index is 12.0. The molecular formula is C13H12Br2N2O. The molecule has 0 aliphatic rings. The molecule has 0 aliphatic carbocycles. The molecule has 18 heavy (non-hydrogen) atoms. The molecule has 94 valence electrons. The summed E-state index contributed by atoms with van der Waals surface area (Å²) in [6.45, 7) is 4.56. The van der Waals surface area contributed by atoms with Gasteiger partial charge >= 0.3 is 0 Å². The largest absolute Gasteiger partial charge is 0.282 e. The van der Waals surface area contributed by atoms with E-state index in [-0.39, 0.29) is 5.56 Å². The number of benzene rings is 1. The van der Waals surface area contributed by atoms with E-state index in [9.17, 15) is 4.79 Å². The lowest BCUT2D eigenvalue weighted by molar-refractivity contribution is 0.630. The molecule has 1 aromatic heterocycles. The zero-order valence-electron chi connectivity index (χ0n) is 10.1. The third-order valence-electron chi connectivity index (χ3n) is 2.77. The molecule has 0 spiro atoms. The number of hydrogen-bond acceptors (Lipinski definition) is 2. The van der Waals surface area contributed by atoms with Gasteiger partial charge < -0.3 is 0 Å². The van der Waals surface area contributed by atoms with Crippen molar-refractivity contribution in [3.8, 4) is 0 Å². The zero-order valence-corrected chi connectivity index (χ0v) is 13.2. The predicted molar refractivity (Wildman–Crippen MR) is 78.9 cm³/mol. The molecule has 5 heteroatoms. The highest BCUT2D eigenvalue weighted by Crippen LogP contribution is 2.17.